The Morgan fingerprint density at radius 3 is 2.79 bits per heavy atom. The van der Waals surface area contributed by atoms with Crippen LogP contribution in [-0.4, -0.2) is 11.6 Å². The highest BCUT2D eigenvalue weighted by atomic mass is 16.1. The molecule has 5 saturated carbocycles. The van der Waals surface area contributed by atoms with Crippen LogP contribution in [0.25, 0.3) is 0 Å². The lowest BCUT2D eigenvalue weighted by atomic mass is 9.49. The Bertz CT molecular complexity index is 422. The highest BCUT2D eigenvalue weighted by molar-refractivity contribution is 6.08. The van der Waals surface area contributed by atoms with Gasteiger partial charge in [-0.3, -0.25) is 9.59 Å². The minimum absolute atomic E-state index is 0.166. The van der Waals surface area contributed by atoms with Crippen LogP contribution in [0.2, 0.25) is 0 Å². The number of hydrogen-bond donors (Lipinski definition) is 0. The summed E-state index contributed by atoms with van der Waals surface area (Å²) in [7, 11) is 0. The van der Waals surface area contributed by atoms with Crippen molar-refractivity contribution in [2.45, 2.75) is 13.3 Å². The summed E-state index contributed by atoms with van der Waals surface area (Å²) in [4.78, 5) is 24.3. The third-order valence-electron chi connectivity index (χ3n) is 6.42. The van der Waals surface area contributed by atoms with Gasteiger partial charge in [0.1, 0.15) is 11.6 Å². The van der Waals surface area contributed by atoms with Crippen LogP contribution in [0.3, 0.4) is 0 Å². The lowest BCUT2D eigenvalue weighted by Crippen LogP contribution is -2.57. The molecule has 2 nitrogen and oxygen atoms in total. The molecule has 0 unspecified atom stereocenters. The number of ketones is 2. The smallest absolute Gasteiger partial charge is 0.143 e. The zero-order valence-corrected chi connectivity index (χ0v) is 8.07. The van der Waals surface area contributed by atoms with Crippen molar-refractivity contribution in [3.63, 3.8) is 0 Å². The number of hydrogen-bond acceptors (Lipinski definition) is 2. The predicted octanol–water partition coefficient (Wildman–Crippen LogP) is 0.902. The molecule has 0 N–H and O–H groups in total. The van der Waals surface area contributed by atoms with Crippen molar-refractivity contribution in [3.8, 4) is 0 Å². The fraction of sp³-hybridized carbons (Fsp3) is 0.833. The minimum Gasteiger partial charge on any atom is -0.299 e. The minimum atomic E-state index is -0.182. The van der Waals surface area contributed by atoms with Crippen LogP contribution in [-0.2, 0) is 9.59 Å². The number of carbonyl (C=O) groups excluding carboxylic acids is 2. The van der Waals surface area contributed by atoms with E-state index in [9.17, 15) is 9.59 Å². The topological polar surface area (TPSA) is 34.1 Å². The van der Waals surface area contributed by atoms with Gasteiger partial charge < -0.3 is 0 Å². The molecule has 5 aliphatic rings. The average Bonchev–Trinajstić information content (AvgIpc) is 2.67. The maximum absolute atomic E-state index is 12.2. The molecular formula is C12H12O2. The van der Waals surface area contributed by atoms with Crippen molar-refractivity contribution >= 4 is 11.6 Å². The number of fused-ring (bicyclic) bond motifs is 2. The van der Waals surface area contributed by atoms with Gasteiger partial charge in [0.2, 0.25) is 0 Å². The molecule has 2 heteroatoms. The molecule has 72 valence electrons. The van der Waals surface area contributed by atoms with Gasteiger partial charge in [-0.25, -0.2) is 0 Å². The van der Waals surface area contributed by atoms with E-state index < -0.39 is 0 Å². The van der Waals surface area contributed by atoms with Gasteiger partial charge in [-0.15, -0.1) is 0 Å². The molecule has 0 aromatic heterocycles. The second kappa shape index (κ2) is 1.43. The van der Waals surface area contributed by atoms with Gasteiger partial charge in [-0.05, 0) is 30.1 Å². The highest BCUT2D eigenvalue weighted by Crippen LogP contribution is 2.84. The molecule has 8 atom stereocenters. The van der Waals surface area contributed by atoms with E-state index in [4.69, 9.17) is 0 Å². The molecule has 0 saturated heterocycles. The second-order valence-corrected chi connectivity index (χ2v) is 6.25. The number of Topliss-reactive ketones (excluding diaryl/α,β-unsaturated/α-hetero) is 2. The van der Waals surface area contributed by atoms with Crippen molar-refractivity contribution in [2.75, 3.05) is 0 Å². The van der Waals surface area contributed by atoms with Gasteiger partial charge in [0.25, 0.3) is 0 Å². The summed E-state index contributed by atoms with van der Waals surface area (Å²) in [6.07, 6.45) is 1.20. The van der Waals surface area contributed by atoms with E-state index in [2.05, 4.69) is 6.92 Å². The lowest BCUT2D eigenvalue weighted by Gasteiger charge is -2.51. The van der Waals surface area contributed by atoms with E-state index in [1.54, 1.807) is 0 Å². The first kappa shape index (κ1) is 6.76. The lowest BCUT2D eigenvalue weighted by molar-refractivity contribution is -0.158. The van der Waals surface area contributed by atoms with Gasteiger partial charge in [0.05, 0.1) is 0 Å². The van der Waals surface area contributed by atoms with Gasteiger partial charge in [0.15, 0.2) is 0 Å². The van der Waals surface area contributed by atoms with Crippen molar-refractivity contribution in [2.24, 2.45) is 46.8 Å². The summed E-state index contributed by atoms with van der Waals surface area (Å²) in [5, 5.41) is 0. The predicted molar refractivity (Wildman–Crippen MR) is 47.2 cm³/mol. The third kappa shape index (κ3) is 0.322. The molecule has 14 heavy (non-hydrogen) atoms. The molecule has 5 fully saturated rings. The summed E-state index contributed by atoms with van der Waals surface area (Å²) in [5.74, 6) is 4.00. The normalized spacial score (nSPS) is 75.1. The highest BCUT2D eigenvalue weighted by Gasteiger charge is 2.88. The molecular weight excluding hydrogens is 176 g/mol. The van der Waals surface area contributed by atoms with Crippen molar-refractivity contribution in [1.82, 2.24) is 0 Å². The Morgan fingerprint density at radius 2 is 2.00 bits per heavy atom. The molecule has 2 bridgehead atoms. The van der Waals surface area contributed by atoms with Crippen LogP contribution in [0, 0.1) is 46.8 Å². The fourth-order valence-electron chi connectivity index (χ4n) is 6.36. The Labute approximate surface area is 82.0 Å². The molecule has 0 amide bonds. The quantitative estimate of drug-likeness (QED) is 0.566. The molecule has 0 spiro atoms. The van der Waals surface area contributed by atoms with Crippen LogP contribution >= 0.6 is 0 Å². The number of rotatable bonds is 0. The Balaban J connectivity index is 1.93. The van der Waals surface area contributed by atoms with Gasteiger partial charge >= 0.3 is 0 Å². The van der Waals surface area contributed by atoms with Gasteiger partial charge in [-0.1, -0.05) is 6.92 Å². The number of carbonyl (C=O) groups is 2. The van der Waals surface area contributed by atoms with E-state index in [0.29, 0.717) is 35.2 Å². The van der Waals surface area contributed by atoms with E-state index in [0.717, 1.165) is 0 Å². The Hall–Kier alpha value is -0.660. The summed E-state index contributed by atoms with van der Waals surface area (Å²) < 4.78 is 0. The Kier molecular flexibility index (Phi) is 0.689. The van der Waals surface area contributed by atoms with Crippen LogP contribution < -0.4 is 0 Å². The van der Waals surface area contributed by atoms with Crippen molar-refractivity contribution < 1.29 is 9.59 Å². The van der Waals surface area contributed by atoms with Crippen LogP contribution in [0.5, 0.6) is 0 Å². The zero-order valence-electron chi connectivity index (χ0n) is 8.07. The molecule has 0 radical (unpaired) electrons. The van der Waals surface area contributed by atoms with Crippen molar-refractivity contribution in [3.05, 3.63) is 0 Å². The van der Waals surface area contributed by atoms with Crippen LogP contribution in [0.15, 0.2) is 0 Å². The fourth-order valence-corrected chi connectivity index (χ4v) is 6.36. The Morgan fingerprint density at radius 1 is 1.21 bits per heavy atom. The maximum Gasteiger partial charge on any atom is 0.143 e. The third-order valence-corrected chi connectivity index (χ3v) is 6.42. The summed E-state index contributed by atoms with van der Waals surface area (Å²) >= 11 is 0. The van der Waals surface area contributed by atoms with Crippen molar-refractivity contribution in [1.29, 1.82) is 0 Å². The van der Waals surface area contributed by atoms with Crippen LogP contribution in [0.1, 0.15) is 13.3 Å². The molecule has 5 rings (SSSR count). The first-order chi connectivity index (χ1) is 6.67. The molecule has 0 aliphatic heterocycles. The van der Waals surface area contributed by atoms with E-state index in [1.165, 1.54) is 6.42 Å². The second-order valence-electron chi connectivity index (χ2n) is 6.25. The summed E-state index contributed by atoms with van der Waals surface area (Å²) in [6.45, 7) is 2.08. The van der Waals surface area contributed by atoms with Gasteiger partial charge in [-0.2, -0.15) is 0 Å². The molecule has 0 aromatic carbocycles. The van der Waals surface area contributed by atoms with Crippen LogP contribution in [0.4, 0.5) is 0 Å². The molecule has 0 aromatic rings. The largest absolute Gasteiger partial charge is 0.299 e. The molecule has 5 aliphatic carbocycles. The van der Waals surface area contributed by atoms with E-state index >= 15 is 0 Å². The van der Waals surface area contributed by atoms with Gasteiger partial charge in [0, 0.05) is 23.2 Å². The van der Waals surface area contributed by atoms with E-state index in [1.807, 2.05) is 0 Å². The summed E-state index contributed by atoms with van der Waals surface area (Å²) in [6, 6.07) is 0. The average molecular weight is 188 g/mol. The molecule has 0 heterocycles. The SMILES string of the molecule is C[C@]12C(=O)[C@@H]3[C@H]4C[C@H]5[C@@H]3C(=O)[C@@H]1[C@H]5[C@@H]42. The zero-order chi connectivity index (χ0) is 9.40. The standard InChI is InChI=1S/C12H12O2/c1-12-8-4-2-3-5(6(4)11(12)14)10(13)9(12)7(3)8/h3-9H,2H2,1H3/t3-,4+,5-,6+,7+,8+,9-,12+/m0/s1. The summed E-state index contributed by atoms with van der Waals surface area (Å²) in [5.41, 5.74) is -0.182. The van der Waals surface area contributed by atoms with E-state index in [-0.39, 0.29) is 23.2 Å². The monoisotopic (exact) mass is 188 g/mol. The first-order valence-corrected chi connectivity index (χ1v) is 5.75. The maximum atomic E-state index is 12.2. The first-order valence-electron chi connectivity index (χ1n) is 5.75.